The molecule has 0 bridgehead atoms. The molecule has 4 aliphatic heterocycles. The SMILES string of the molecule is CC(=O)NC1[C@H](O)OC(COCCC(O)COCCCCOCC(O)COCCCCCCOCC(O)COCCCCOCC(O)COC2[C@H](O[C@@H]3C(NC(C)=O)[C@H](O)OC(CO)[C@H]3O)OC(C(=O)O)[C@@H](C)[C@@H]2O)[C@@H](O)[C@@H]1O[C@@H]1OC(C(=O)O)[C@@H](C)[C@H](O)C1=O. The first-order valence-electron chi connectivity index (χ1n) is 30.9. The Labute approximate surface area is 527 Å². The summed E-state index contributed by atoms with van der Waals surface area (Å²) < 4.78 is 77.8. The number of ketones is 1. The molecule has 0 aliphatic carbocycles. The highest BCUT2D eigenvalue weighted by molar-refractivity contribution is 5.89. The van der Waals surface area contributed by atoms with Crippen LogP contribution in [0.4, 0.5) is 0 Å². The Bertz CT molecular complexity index is 2070. The second-order valence-corrected chi connectivity index (χ2v) is 23.0. The largest absolute Gasteiger partial charge is 0.479 e. The van der Waals surface area contributed by atoms with Crippen molar-refractivity contribution in [3.63, 3.8) is 0 Å². The molecule has 530 valence electrons. The number of aliphatic hydroxyl groups excluding tert-OH is 11. The van der Waals surface area contributed by atoms with E-state index in [1.54, 1.807) is 0 Å². The second kappa shape index (κ2) is 42.9. The zero-order chi connectivity index (χ0) is 67.2. The third-order valence-corrected chi connectivity index (χ3v) is 15.2. The average molecular weight is 1330 g/mol. The first kappa shape index (κ1) is 80.0. The van der Waals surface area contributed by atoms with Gasteiger partial charge in [-0.05, 0) is 44.9 Å². The number of aliphatic hydroxyl groups is 11. The summed E-state index contributed by atoms with van der Waals surface area (Å²) in [7, 11) is 0. The predicted molar refractivity (Wildman–Crippen MR) is 305 cm³/mol. The van der Waals surface area contributed by atoms with E-state index < -0.39 is 183 Å². The standard InChI is InChI=1S/C57H100N2O32/c1-30-42(67)46(71)56(88-47(30)52(72)73)90-50-41(59-33(4)62)55(77)87-39(45(50)70)29-84-20-13-34(63)22-78-16-9-10-17-81-25-35(64)23-79-14-7-5-6-8-15-80-24-36(65)26-82-18-11-12-19-83-27-37(66)28-85-51-43(68)31(2)48(53(74)75)89-57(51)91-49-40(58-32(3)61)54(76)86-38(21-60)44(49)69/h30-31,34-45,47-51,54-57,60,63-70,76-77H,5-29H2,1-4H3,(H,58,61)(H,59,62)(H,72,73)(H,74,75)/t30-,31-,34?,35?,36?,37?,38?,39?,40?,41?,42-,43-,44+,45+,47?,48?,49+,50+,51?,54+,55+,56-,57-/m0/s1. The van der Waals surface area contributed by atoms with Gasteiger partial charge in [0.25, 0.3) is 0 Å². The number of carbonyl (C=O) groups is 5. The Kier molecular flexibility index (Phi) is 37.7. The lowest BCUT2D eigenvalue weighted by molar-refractivity contribution is -0.337. The van der Waals surface area contributed by atoms with E-state index >= 15 is 0 Å². The number of carboxylic acids is 2. The highest BCUT2D eigenvalue weighted by atomic mass is 16.7. The number of nitrogens with one attached hydrogen (secondary N) is 2. The van der Waals surface area contributed by atoms with Crippen LogP contribution in [-0.2, 0) is 90.3 Å². The number of carboxylic acid groups (broad SMARTS) is 2. The van der Waals surface area contributed by atoms with Crippen molar-refractivity contribution in [1.82, 2.24) is 10.6 Å². The van der Waals surface area contributed by atoms with Crippen LogP contribution < -0.4 is 10.6 Å². The molecule has 0 aromatic heterocycles. The van der Waals surface area contributed by atoms with Gasteiger partial charge in [-0.25, -0.2) is 9.59 Å². The molecule has 34 heteroatoms. The van der Waals surface area contributed by atoms with Crippen LogP contribution in [0, 0.1) is 11.8 Å². The summed E-state index contributed by atoms with van der Waals surface area (Å²) in [6.07, 6.45) is -22.0. The van der Waals surface area contributed by atoms with Gasteiger partial charge in [0.1, 0.15) is 79.2 Å². The first-order chi connectivity index (χ1) is 43.4. The van der Waals surface area contributed by atoms with Crippen LogP contribution in [0.3, 0.4) is 0 Å². The van der Waals surface area contributed by atoms with Crippen LogP contribution in [0.5, 0.6) is 0 Å². The topological polar surface area (TPSA) is 502 Å². The molecule has 11 unspecified atom stereocenters. The normalized spacial score (nSPS) is 32.6. The van der Waals surface area contributed by atoms with Gasteiger partial charge in [0.15, 0.2) is 31.1 Å². The van der Waals surface area contributed by atoms with E-state index in [0.717, 1.165) is 39.5 Å². The quantitative estimate of drug-likeness (QED) is 0.0253. The summed E-state index contributed by atoms with van der Waals surface area (Å²) in [4.78, 5) is 60.2. The molecule has 4 fully saturated rings. The number of hydrogen-bond acceptors (Lipinski definition) is 30. The highest BCUT2D eigenvalue weighted by Gasteiger charge is 2.54. The van der Waals surface area contributed by atoms with E-state index in [2.05, 4.69) is 10.6 Å². The number of hydrogen-bond donors (Lipinski definition) is 15. The maximum Gasteiger partial charge on any atom is 0.333 e. The van der Waals surface area contributed by atoms with Crippen molar-refractivity contribution in [2.24, 2.45) is 11.8 Å². The smallest absolute Gasteiger partial charge is 0.333 e. The van der Waals surface area contributed by atoms with Crippen LogP contribution in [0.15, 0.2) is 0 Å². The van der Waals surface area contributed by atoms with Crippen molar-refractivity contribution in [3.8, 4) is 0 Å². The zero-order valence-corrected chi connectivity index (χ0v) is 52.0. The number of Topliss-reactive ketones (excluding diaryl/α,β-unsaturated/α-hetero) is 1. The molecule has 4 rings (SSSR count). The fraction of sp³-hybridized carbons (Fsp3) is 0.912. The van der Waals surface area contributed by atoms with Crippen molar-refractivity contribution in [1.29, 1.82) is 0 Å². The molecular formula is C57H100N2O32. The van der Waals surface area contributed by atoms with E-state index in [4.69, 9.17) is 66.3 Å². The van der Waals surface area contributed by atoms with Gasteiger partial charge in [0, 0.05) is 71.9 Å². The molecule has 34 nitrogen and oxygen atoms in total. The van der Waals surface area contributed by atoms with Crippen molar-refractivity contribution in [2.45, 2.75) is 214 Å². The second-order valence-electron chi connectivity index (χ2n) is 23.0. The summed E-state index contributed by atoms with van der Waals surface area (Å²) in [6.45, 7) is 5.90. The molecule has 91 heavy (non-hydrogen) atoms. The first-order valence-corrected chi connectivity index (χ1v) is 30.9. The third kappa shape index (κ3) is 27.7. The van der Waals surface area contributed by atoms with Gasteiger partial charge in [-0.15, -0.1) is 0 Å². The minimum atomic E-state index is -1.95. The Balaban J connectivity index is 0.928. The minimum absolute atomic E-state index is 0.00350. The van der Waals surface area contributed by atoms with Crippen molar-refractivity contribution < 1.29 is 157 Å². The fourth-order valence-corrected chi connectivity index (χ4v) is 10.1. The average Bonchev–Trinajstić information content (AvgIpc) is 0.961. The summed E-state index contributed by atoms with van der Waals surface area (Å²) in [5, 5.41) is 140. The molecule has 0 aromatic carbocycles. The molecule has 0 spiro atoms. The van der Waals surface area contributed by atoms with Gasteiger partial charge < -0.3 is 143 Å². The van der Waals surface area contributed by atoms with E-state index in [-0.39, 0.29) is 65.9 Å². The van der Waals surface area contributed by atoms with Crippen molar-refractivity contribution >= 4 is 29.5 Å². The Morgan fingerprint density at radius 3 is 1.34 bits per heavy atom. The Morgan fingerprint density at radius 1 is 0.484 bits per heavy atom. The summed E-state index contributed by atoms with van der Waals surface area (Å²) in [5.74, 6) is -7.31. The van der Waals surface area contributed by atoms with Crippen molar-refractivity contribution in [3.05, 3.63) is 0 Å². The van der Waals surface area contributed by atoms with Gasteiger partial charge in [-0.3, -0.25) is 14.4 Å². The Hall–Kier alpha value is -3.45. The number of ether oxygens (including phenoxy) is 14. The molecule has 4 saturated heterocycles. The van der Waals surface area contributed by atoms with Gasteiger partial charge >= 0.3 is 11.9 Å². The van der Waals surface area contributed by atoms with E-state index in [0.29, 0.717) is 58.7 Å². The highest BCUT2D eigenvalue weighted by Crippen LogP contribution is 2.34. The van der Waals surface area contributed by atoms with Gasteiger partial charge in [-0.2, -0.15) is 0 Å². The maximum atomic E-state index is 12.8. The number of unbranched alkanes of at least 4 members (excludes halogenated alkanes) is 5. The summed E-state index contributed by atoms with van der Waals surface area (Å²) in [5.41, 5.74) is 0. The molecule has 0 saturated carbocycles. The minimum Gasteiger partial charge on any atom is -0.479 e. The predicted octanol–water partition coefficient (Wildman–Crippen LogP) is -5.45. The lowest BCUT2D eigenvalue weighted by Gasteiger charge is -2.47. The van der Waals surface area contributed by atoms with Gasteiger partial charge in [-0.1, -0.05) is 26.7 Å². The van der Waals surface area contributed by atoms with Crippen LogP contribution in [-0.4, -0.2) is 330 Å². The number of aliphatic carboxylic acids is 2. The van der Waals surface area contributed by atoms with Crippen LogP contribution >= 0.6 is 0 Å². The molecule has 15 N–H and O–H groups in total. The third-order valence-electron chi connectivity index (χ3n) is 15.2. The van der Waals surface area contributed by atoms with Crippen LogP contribution in [0.1, 0.15) is 85.5 Å². The van der Waals surface area contributed by atoms with Crippen LogP contribution in [0.2, 0.25) is 0 Å². The van der Waals surface area contributed by atoms with Gasteiger partial charge in [0.2, 0.25) is 23.9 Å². The molecule has 4 aliphatic rings. The molecule has 4 heterocycles. The fourth-order valence-electron chi connectivity index (χ4n) is 10.1. The number of amides is 2. The van der Waals surface area contributed by atoms with E-state index in [1.165, 1.54) is 13.8 Å². The van der Waals surface area contributed by atoms with Gasteiger partial charge in [0.05, 0.1) is 71.7 Å². The molecular weight excluding hydrogens is 1220 g/mol. The van der Waals surface area contributed by atoms with Crippen LogP contribution in [0.25, 0.3) is 0 Å². The zero-order valence-electron chi connectivity index (χ0n) is 52.0. The lowest BCUT2D eigenvalue weighted by Crippen LogP contribution is -2.67. The lowest BCUT2D eigenvalue weighted by atomic mass is 9.90. The summed E-state index contributed by atoms with van der Waals surface area (Å²) >= 11 is 0. The van der Waals surface area contributed by atoms with E-state index in [9.17, 15) is 90.4 Å². The monoisotopic (exact) mass is 1320 g/mol. The number of carbonyl (C=O) groups excluding carboxylic acids is 3. The summed E-state index contributed by atoms with van der Waals surface area (Å²) in [6, 6.07) is -2.83. The van der Waals surface area contributed by atoms with Crippen molar-refractivity contribution in [2.75, 3.05) is 106 Å². The molecule has 0 radical (unpaired) electrons. The molecule has 23 atom stereocenters. The molecule has 0 aromatic rings. The number of rotatable bonds is 46. The maximum absolute atomic E-state index is 12.8. The molecule has 2 amide bonds. The Morgan fingerprint density at radius 2 is 0.890 bits per heavy atom. The van der Waals surface area contributed by atoms with E-state index in [1.807, 2.05) is 0 Å².